The molecule has 2 amide bonds. The summed E-state index contributed by atoms with van der Waals surface area (Å²) in [5.74, 6) is -0.616. The zero-order chi connectivity index (χ0) is 46.6. The van der Waals surface area contributed by atoms with Crippen LogP contribution < -0.4 is 10.2 Å². The van der Waals surface area contributed by atoms with Gasteiger partial charge in [-0.25, -0.2) is 18.4 Å². The molecule has 348 valence electrons. The Morgan fingerprint density at radius 3 is 1.38 bits per heavy atom. The molecule has 4 fully saturated rings. The van der Waals surface area contributed by atoms with Crippen molar-refractivity contribution >= 4 is 33.8 Å². The van der Waals surface area contributed by atoms with Gasteiger partial charge in [0.15, 0.2) is 0 Å². The van der Waals surface area contributed by atoms with Crippen LogP contribution >= 0.6 is 15.9 Å². The summed E-state index contributed by atoms with van der Waals surface area (Å²) in [7, 11) is 4.31. The summed E-state index contributed by atoms with van der Waals surface area (Å²) < 4.78 is 39.6. The van der Waals surface area contributed by atoms with Gasteiger partial charge in [-0.3, -0.25) is 0 Å². The lowest BCUT2D eigenvalue weighted by molar-refractivity contribution is -0.0595. The van der Waals surface area contributed by atoms with Crippen LogP contribution in [0.2, 0.25) is 0 Å². The van der Waals surface area contributed by atoms with Crippen LogP contribution in [0.25, 0.3) is 0 Å². The van der Waals surface area contributed by atoms with Gasteiger partial charge in [0.1, 0.15) is 22.8 Å². The lowest BCUT2D eigenvalue weighted by Crippen LogP contribution is -2.48. The zero-order valence-electron chi connectivity index (χ0n) is 38.4. The number of ether oxygens (including phenoxy) is 2. The predicted molar refractivity (Wildman–Crippen MR) is 259 cm³/mol. The molecule has 0 aliphatic carbocycles. The van der Waals surface area contributed by atoms with E-state index in [0.29, 0.717) is 38.8 Å². The summed E-state index contributed by atoms with van der Waals surface area (Å²) >= 11 is 3.42. The van der Waals surface area contributed by atoms with Crippen LogP contribution in [-0.4, -0.2) is 111 Å². The SMILES string of the molecule is C=CC[C@]1(c2ccc(F)cc2)CCN([C@@H](C)c2ccc(Br)cc2)C(=O)O1.C=CC[C@]1(c2ccc(F)cc2)CCN([C@@H](C)c2ccc(N3CCN(C)CC3)cc2)C(=O)O1.CN1CCNCC1. The Labute approximate surface area is 393 Å². The monoisotopic (exact) mass is 954 g/mol. The number of benzene rings is 4. The van der Waals surface area contributed by atoms with Crippen molar-refractivity contribution in [1.29, 1.82) is 0 Å². The minimum absolute atomic E-state index is 0.0921. The molecule has 4 saturated heterocycles. The molecule has 4 aromatic carbocycles. The number of hydrogen-bond acceptors (Lipinski definition) is 8. The molecule has 4 heterocycles. The molecule has 4 aliphatic rings. The fourth-order valence-corrected chi connectivity index (χ4v) is 9.12. The molecule has 4 atom stereocenters. The van der Waals surface area contributed by atoms with Crippen LogP contribution in [-0.2, 0) is 20.7 Å². The van der Waals surface area contributed by atoms with Crippen molar-refractivity contribution in [3.05, 3.63) is 161 Å². The molecule has 0 bridgehead atoms. The number of halogens is 3. The smallest absolute Gasteiger partial charge is 0.411 e. The quantitative estimate of drug-likeness (QED) is 0.149. The van der Waals surface area contributed by atoms with E-state index in [0.717, 1.165) is 66.0 Å². The number of carbonyl (C=O) groups is 2. The molecular formula is C52H65BrF2N6O4. The topological polar surface area (TPSA) is 80.8 Å². The second-order valence-electron chi connectivity index (χ2n) is 17.4. The molecule has 8 rings (SSSR count). The highest BCUT2D eigenvalue weighted by Gasteiger charge is 2.44. The van der Waals surface area contributed by atoms with Gasteiger partial charge in [-0.2, -0.15) is 0 Å². The second-order valence-corrected chi connectivity index (χ2v) is 18.4. The number of piperazine rings is 2. The normalized spacial score (nSPS) is 22.5. The van der Waals surface area contributed by atoms with Gasteiger partial charge in [-0.1, -0.05) is 76.6 Å². The van der Waals surface area contributed by atoms with E-state index >= 15 is 0 Å². The molecule has 65 heavy (non-hydrogen) atoms. The maximum atomic E-state index is 13.4. The number of anilines is 1. The summed E-state index contributed by atoms with van der Waals surface area (Å²) in [6.07, 6.45) is 5.02. The van der Waals surface area contributed by atoms with Gasteiger partial charge in [-0.15, -0.1) is 13.2 Å². The van der Waals surface area contributed by atoms with E-state index in [2.05, 4.69) is 87.5 Å². The van der Waals surface area contributed by atoms with E-state index in [-0.39, 0.29) is 35.9 Å². The molecular weight excluding hydrogens is 891 g/mol. The molecule has 0 unspecified atom stereocenters. The van der Waals surface area contributed by atoms with E-state index in [4.69, 9.17) is 9.47 Å². The molecule has 13 heteroatoms. The van der Waals surface area contributed by atoms with Crippen molar-refractivity contribution in [1.82, 2.24) is 24.9 Å². The lowest BCUT2D eigenvalue weighted by atomic mass is 9.85. The molecule has 0 spiro atoms. The van der Waals surface area contributed by atoms with Gasteiger partial charge >= 0.3 is 12.2 Å². The third-order valence-electron chi connectivity index (χ3n) is 13.1. The predicted octanol–water partition coefficient (Wildman–Crippen LogP) is 10.4. The fraction of sp³-hybridized carbons (Fsp3) is 0.423. The van der Waals surface area contributed by atoms with E-state index in [1.54, 1.807) is 46.2 Å². The Morgan fingerprint density at radius 1 is 0.615 bits per heavy atom. The Hall–Kier alpha value is -5.08. The molecule has 4 aliphatic heterocycles. The van der Waals surface area contributed by atoms with Crippen molar-refractivity contribution < 1.29 is 27.8 Å². The van der Waals surface area contributed by atoms with Crippen LogP contribution in [0.1, 0.15) is 73.9 Å². The Balaban J connectivity index is 0.000000190. The van der Waals surface area contributed by atoms with Gasteiger partial charge in [0.2, 0.25) is 0 Å². The van der Waals surface area contributed by atoms with Crippen LogP contribution in [0, 0.1) is 11.6 Å². The highest BCUT2D eigenvalue weighted by molar-refractivity contribution is 9.10. The Bertz CT molecular complexity index is 2170. The van der Waals surface area contributed by atoms with Gasteiger partial charge in [-0.05, 0) is 98.7 Å². The van der Waals surface area contributed by atoms with E-state index < -0.39 is 11.2 Å². The Morgan fingerprint density at radius 2 is 1.02 bits per heavy atom. The number of nitrogens with zero attached hydrogens (tertiary/aromatic N) is 5. The van der Waals surface area contributed by atoms with Gasteiger partial charge in [0.05, 0.1) is 12.1 Å². The summed E-state index contributed by atoms with van der Waals surface area (Å²) in [6, 6.07) is 28.6. The molecule has 1 N–H and O–H groups in total. The van der Waals surface area contributed by atoms with Crippen LogP contribution in [0.5, 0.6) is 0 Å². The summed E-state index contributed by atoms with van der Waals surface area (Å²) in [5.41, 5.74) is 3.35. The number of likely N-dealkylation sites (N-methyl/N-ethyl adjacent to an activating group) is 2. The average Bonchev–Trinajstić information content (AvgIpc) is 3.30. The van der Waals surface area contributed by atoms with Crippen molar-refractivity contribution in [2.45, 2.75) is 62.8 Å². The number of nitrogens with one attached hydrogen (secondary N) is 1. The first kappa shape index (κ1) is 49.4. The number of hydrogen-bond donors (Lipinski definition) is 1. The minimum Gasteiger partial charge on any atom is -0.437 e. The number of amides is 2. The van der Waals surface area contributed by atoms with Gasteiger partial charge in [0.25, 0.3) is 0 Å². The van der Waals surface area contributed by atoms with Crippen LogP contribution in [0.4, 0.5) is 24.1 Å². The molecule has 10 nitrogen and oxygen atoms in total. The first-order valence-electron chi connectivity index (χ1n) is 22.7. The van der Waals surface area contributed by atoms with Crippen LogP contribution in [0.3, 0.4) is 0 Å². The number of rotatable bonds is 11. The maximum absolute atomic E-state index is 13.4. The van der Waals surface area contributed by atoms with Crippen molar-refractivity contribution in [3.63, 3.8) is 0 Å². The van der Waals surface area contributed by atoms with Crippen molar-refractivity contribution in [2.75, 3.05) is 84.4 Å². The average molecular weight is 956 g/mol. The maximum Gasteiger partial charge on any atom is 0.411 e. The molecule has 0 radical (unpaired) electrons. The summed E-state index contributed by atoms with van der Waals surface area (Å²) in [6.45, 7) is 21.7. The van der Waals surface area contributed by atoms with Gasteiger partial charge < -0.3 is 39.3 Å². The van der Waals surface area contributed by atoms with E-state index in [9.17, 15) is 18.4 Å². The summed E-state index contributed by atoms with van der Waals surface area (Å²) in [5, 5.41) is 3.27. The third-order valence-corrected chi connectivity index (χ3v) is 13.6. The second kappa shape index (κ2) is 22.9. The third kappa shape index (κ3) is 12.6. The van der Waals surface area contributed by atoms with Crippen molar-refractivity contribution in [2.24, 2.45) is 0 Å². The van der Waals surface area contributed by atoms with Crippen molar-refractivity contribution in [3.8, 4) is 0 Å². The highest BCUT2D eigenvalue weighted by Crippen LogP contribution is 2.41. The molecule has 0 aromatic heterocycles. The zero-order valence-corrected chi connectivity index (χ0v) is 39.9. The largest absolute Gasteiger partial charge is 0.437 e. The minimum atomic E-state index is -0.798. The van der Waals surface area contributed by atoms with E-state index in [1.807, 2.05) is 38.1 Å². The number of cyclic esters (lactones) is 2. The molecule has 4 aromatic rings. The Kier molecular flexibility index (Phi) is 17.4. The first-order valence-corrected chi connectivity index (χ1v) is 23.5. The lowest BCUT2D eigenvalue weighted by Gasteiger charge is -2.43. The summed E-state index contributed by atoms with van der Waals surface area (Å²) in [4.78, 5) is 36.4. The number of carbonyl (C=O) groups excluding carboxylic acids is 2. The van der Waals surface area contributed by atoms with E-state index in [1.165, 1.54) is 43.0 Å². The standard InChI is InChI=1S/C26H32FN3O2.C21H21BrFNO2.C5H12N2/c1-4-13-26(22-7-9-23(27)10-8-22)14-15-30(25(31)32-26)20(2)21-5-11-24(12-6-21)29-18-16-28(3)17-19-29;1-3-12-21(17-6-10-19(23)11-7-17)13-14-24(20(25)26-21)15(2)16-4-8-18(22)9-5-16;1-7-4-2-6-3-5-7/h4-12,20H,1,13-19H2,2-3H3;3-11,15H,1,12-14H2,2H3;6H,2-5H2,1H3/t20-,26+;15-,21+;/m00./s1. The first-order chi connectivity index (χ1) is 31.3. The van der Waals surface area contributed by atoms with Gasteiger partial charge in [0, 0.05) is 101 Å². The molecule has 0 saturated carbocycles. The highest BCUT2D eigenvalue weighted by atomic mass is 79.9. The fourth-order valence-electron chi connectivity index (χ4n) is 8.85. The van der Waals surface area contributed by atoms with Crippen LogP contribution in [0.15, 0.2) is 127 Å².